The van der Waals surface area contributed by atoms with Gasteiger partial charge in [-0.3, -0.25) is 4.79 Å². The average Bonchev–Trinajstić information content (AvgIpc) is 3.45. The van der Waals surface area contributed by atoms with E-state index in [0.717, 1.165) is 43.1 Å². The number of aliphatic hydroxyl groups is 1. The van der Waals surface area contributed by atoms with Crippen molar-refractivity contribution < 1.29 is 9.52 Å². The minimum atomic E-state index is -0.306. The number of furan rings is 1. The smallest absolute Gasteiger partial charge is 0.278 e. The topological polar surface area (TPSA) is 117 Å². The van der Waals surface area contributed by atoms with E-state index in [-0.39, 0.29) is 30.1 Å². The maximum absolute atomic E-state index is 13.0. The van der Waals surface area contributed by atoms with Crippen LogP contribution in [0.3, 0.4) is 0 Å². The van der Waals surface area contributed by atoms with Gasteiger partial charge in [0.25, 0.3) is 5.56 Å². The van der Waals surface area contributed by atoms with E-state index in [1.165, 1.54) is 23.4 Å². The van der Waals surface area contributed by atoms with Gasteiger partial charge in [0.15, 0.2) is 0 Å². The number of piperazine rings is 1. The van der Waals surface area contributed by atoms with Crippen molar-refractivity contribution in [2.75, 3.05) is 49.2 Å². The van der Waals surface area contributed by atoms with Gasteiger partial charge in [-0.15, -0.1) is 6.58 Å². The highest BCUT2D eigenvalue weighted by Crippen LogP contribution is 2.26. The molecule has 3 heterocycles. The van der Waals surface area contributed by atoms with E-state index in [1.807, 2.05) is 18.2 Å². The Morgan fingerprint density at radius 1 is 1.29 bits per heavy atom. The minimum absolute atomic E-state index is 0.0756. The quantitative estimate of drug-likeness (QED) is 0.320. The lowest BCUT2D eigenvalue weighted by atomic mass is 10.1. The molecule has 2 aromatic heterocycles. The van der Waals surface area contributed by atoms with E-state index in [4.69, 9.17) is 10.2 Å². The second-order valence-electron chi connectivity index (χ2n) is 8.39. The molecule has 0 aliphatic carbocycles. The highest BCUT2D eigenvalue weighted by molar-refractivity contribution is 5.86. The van der Waals surface area contributed by atoms with Crippen LogP contribution in [0.1, 0.15) is 11.1 Å². The molecule has 1 saturated heterocycles. The average molecular weight is 478 g/mol. The summed E-state index contributed by atoms with van der Waals surface area (Å²) in [6.45, 7) is 11.6. The summed E-state index contributed by atoms with van der Waals surface area (Å²) in [6, 6.07) is 7.51. The lowest BCUT2D eigenvalue weighted by Gasteiger charge is -2.35. The number of rotatable bonds is 9. The summed E-state index contributed by atoms with van der Waals surface area (Å²) in [4.78, 5) is 21.9. The fourth-order valence-corrected chi connectivity index (χ4v) is 4.14. The van der Waals surface area contributed by atoms with E-state index >= 15 is 0 Å². The van der Waals surface area contributed by atoms with E-state index in [2.05, 4.69) is 40.3 Å². The number of aromatic nitrogens is 2. The first-order chi connectivity index (χ1) is 16.9. The highest BCUT2D eigenvalue weighted by Gasteiger charge is 2.19. The first-order valence-corrected chi connectivity index (χ1v) is 11.3. The van der Waals surface area contributed by atoms with Crippen LogP contribution < -0.4 is 21.5 Å². The van der Waals surface area contributed by atoms with Crippen LogP contribution in [0.2, 0.25) is 0 Å². The first kappa shape index (κ1) is 24.1. The normalized spacial score (nSPS) is 14.5. The molecule has 4 N–H and O–H groups in total. The van der Waals surface area contributed by atoms with Gasteiger partial charge in [0.1, 0.15) is 29.2 Å². The van der Waals surface area contributed by atoms with Crippen molar-refractivity contribution in [2.45, 2.75) is 13.2 Å². The zero-order valence-corrected chi connectivity index (χ0v) is 19.9. The summed E-state index contributed by atoms with van der Waals surface area (Å²) in [6.07, 6.45) is 6.02. The molecule has 4 rings (SSSR count). The van der Waals surface area contributed by atoms with Crippen molar-refractivity contribution in [1.29, 1.82) is 0 Å². The van der Waals surface area contributed by atoms with Crippen LogP contribution in [0.4, 0.5) is 17.2 Å². The molecule has 1 aliphatic heterocycles. The molecule has 0 spiro atoms. The molecule has 1 fully saturated rings. The highest BCUT2D eigenvalue weighted by atomic mass is 16.3. The number of nitrogens with one attached hydrogen (secondary N) is 1. The van der Waals surface area contributed by atoms with Gasteiger partial charge in [0.2, 0.25) is 0 Å². The lowest BCUT2D eigenvalue weighted by Crippen LogP contribution is -2.44. The molecular weight excluding hydrogens is 446 g/mol. The van der Waals surface area contributed by atoms with Gasteiger partial charge in [-0.25, -0.2) is 14.4 Å². The number of nitrogen functional groups attached to an aromatic ring is 1. The largest absolute Gasteiger partial charge is 0.470 e. The fourth-order valence-electron chi connectivity index (χ4n) is 4.14. The molecule has 1 aliphatic rings. The van der Waals surface area contributed by atoms with Crippen molar-refractivity contribution in [3.8, 4) is 5.69 Å². The Balaban J connectivity index is 1.52. The number of anilines is 3. The Kier molecular flexibility index (Phi) is 7.23. The molecule has 0 bridgehead atoms. The second-order valence-corrected chi connectivity index (χ2v) is 8.39. The summed E-state index contributed by atoms with van der Waals surface area (Å²) < 4.78 is 8.16. The van der Waals surface area contributed by atoms with E-state index in [9.17, 15) is 9.90 Å². The molecule has 0 radical (unpaired) electrons. The Hall–Kier alpha value is -4.02. The number of aliphatic imine (C=N–C) groups is 1. The number of hydrogen-bond acceptors (Lipinski definition) is 8. The van der Waals surface area contributed by atoms with Crippen LogP contribution >= 0.6 is 0 Å². The van der Waals surface area contributed by atoms with Crippen molar-refractivity contribution in [1.82, 2.24) is 14.3 Å². The fraction of sp³-hybridized carbons (Fsp3) is 0.280. The molecular formula is C25H31N7O3. The SMILES string of the molecule is C=CCn1c(=O)c(C=NC(=C)Nc2ccc(N3CCN(C)CC3)c(CO)c2)c(N)n1-c1ccoc1. The van der Waals surface area contributed by atoms with Crippen LogP contribution in [0.5, 0.6) is 0 Å². The summed E-state index contributed by atoms with van der Waals surface area (Å²) in [5.74, 6) is 0.556. The van der Waals surface area contributed by atoms with Gasteiger partial charge < -0.3 is 30.4 Å². The minimum Gasteiger partial charge on any atom is -0.470 e. The van der Waals surface area contributed by atoms with Gasteiger partial charge in [-0.2, -0.15) is 0 Å². The van der Waals surface area contributed by atoms with E-state index in [1.54, 1.807) is 16.8 Å². The number of nitrogens with two attached hydrogens (primary N) is 1. The predicted octanol–water partition coefficient (Wildman–Crippen LogP) is 2.25. The Labute approximate surface area is 203 Å². The summed E-state index contributed by atoms with van der Waals surface area (Å²) in [5, 5.41) is 13.1. The van der Waals surface area contributed by atoms with Crippen molar-refractivity contribution in [3.05, 3.63) is 83.3 Å². The monoisotopic (exact) mass is 477 g/mol. The summed E-state index contributed by atoms with van der Waals surface area (Å²) >= 11 is 0. The number of aliphatic hydroxyl groups excluding tert-OH is 1. The van der Waals surface area contributed by atoms with E-state index < -0.39 is 0 Å². The van der Waals surface area contributed by atoms with Crippen molar-refractivity contribution in [3.63, 3.8) is 0 Å². The van der Waals surface area contributed by atoms with Crippen LogP contribution in [0.25, 0.3) is 5.69 Å². The standard InChI is InChI=1S/C25H31N7O3/c1-4-8-31-25(34)22(24(26)32(31)21-7-13-35-17-21)15-27-18(2)28-20-5-6-23(19(14-20)16-33)30-11-9-29(3)10-12-30/h4-7,13-15,17,28,33H,1-2,8-12,16,26H2,3H3. The van der Waals surface area contributed by atoms with Crippen LogP contribution in [0, 0.1) is 0 Å². The molecule has 0 atom stereocenters. The molecule has 184 valence electrons. The maximum atomic E-state index is 13.0. The van der Waals surface area contributed by atoms with Crippen LogP contribution in [-0.4, -0.2) is 58.8 Å². The molecule has 0 saturated carbocycles. The zero-order valence-electron chi connectivity index (χ0n) is 19.9. The van der Waals surface area contributed by atoms with Gasteiger partial charge in [-0.1, -0.05) is 12.7 Å². The first-order valence-electron chi connectivity index (χ1n) is 11.3. The van der Waals surface area contributed by atoms with Gasteiger partial charge in [-0.05, 0) is 25.2 Å². The summed E-state index contributed by atoms with van der Waals surface area (Å²) in [7, 11) is 2.11. The number of benzene rings is 1. The molecule has 1 aromatic carbocycles. The number of nitrogens with zero attached hydrogens (tertiary/aromatic N) is 5. The molecule has 3 aromatic rings. The van der Waals surface area contributed by atoms with E-state index in [0.29, 0.717) is 11.5 Å². The number of likely N-dealkylation sites (N-methyl/N-ethyl adjacent to an activating group) is 1. The molecule has 35 heavy (non-hydrogen) atoms. The van der Waals surface area contributed by atoms with Crippen LogP contribution in [-0.2, 0) is 13.2 Å². The van der Waals surface area contributed by atoms with Crippen molar-refractivity contribution in [2.24, 2.45) is 4.99 Å². The van der Waals surface area contributed by atoms with Crippen molar-refractivity contribution >= 4 is 23.4 Å². The third kappa shape index (κ3) is 5.08. The molecule has 0 unspecified atom stereocenters. The van der Waals surface area contributed by atoms with Gasteiger partial charge in [0, 0.05) is 55.4 Å². The Bertz CT molecular complexity index is 1280. The Morgan fingerprint density at radius 3 is 2.71 bits per heavy atom. The zero-order chi connectivity index (χ0) is 24.9. The lowest BCUT2D eigenvalue weighted by molar-refractivity contribution is 0.280. The Morgan fingerprint density at radius 2 is 2.06 bits per heavy atom. The number of hydrogen-bond donors (Lipinski definition) is 3. The molecule has 10 nitrogen and oxygen atoms in total. The number of allylic oxidation sites excluding steroid dienone is 1. The maximum Gasteiger partial charge on any atom is 0.278 e. The van der Waals surface area contributed by atoms with Gasteiger partial charge >= 0.3 is 0 Å². The third-order valence-corrected chi connectivity index (χ3v) is 6.00. The molecule has 10 heteroatoms. The summed E-state index contributed by atoms with van der Waals surface area (Å²) in [5.41, 5.74) is 9.42. The second kappa shape index (κ2) is 10.5. The predicted molar refractivity (Wildman–Crippen MR) is 139 cm³/mol. The third-order valence-electron chi connectivity index (χ3n) is 6.00. The molecule has 0 amide bonds. The van der Waals surface area contributed by atoms with Gasteiger partial charge in [0.05, 0.1) is 19.4 Å². The van der Waals surface area contributed by atoms with Crippen LogP contribution in [0.15, 0.2) is 76.1 Å².